The highest BCUT2D eigenvalue weighted by Crippen LogP contribution is 2.32. The lowest BCUT2D eigenvalue weighted by molar-refractivity contribution is 0.0526. The van der Waals surface area contributed by atoms with Crippen molar-refractivity contribution in [2.24, 2.45) is 10.2 Å². The highest BCUT2D eigenvalue weighted by molar-refractivity contribution is 7.80. The van der Waals surface area contributed by atoms with Gasteiger partial charge < -0.3 is 15.4 Å². The summed E-state index contributed by atoms with van der Waals surface area (Å²) in [5, 5.41) is 15.5. The first-order valence-electron chi connectivity index (χ1n) is 9.87. The number of nitrogens with zero attached hydrogens (tertiary/aromatic N) is 3. The van der Waals surface area contributed by atoms with E-state index < -0.39 is 5.97 Å². The summed E-state index contributed by atoms with van der Waals surface area (Å²) in [4.78, 5) is 17.3. The average Bonchev–Trinajstić information content (AvgIpc) is 2.76. The van der Waals surface area contributed by atoms with Crippen LogP contribution < -0.4 is 10.6 Å². The number of nitrogens with one attached hydrogen (secondary N) is 2. The Morgan fingerprint density at radius 3 is 2.41 bits per heavy atom. The molecule has 3 aromatic rings. The van der Waals surface area contributed by atoms with Crippen molar-refractivity contribution >= 4 is 57.8 Å². The Labute approximate surface area is 196 Å². The van der Waals surface area contributed by atoms with Crippen LogP contribution in [-0.2, 0) is 4.74 Å². The third-order valence-corrected chi connectivity index (χ3v) is 4.88. The maximum atomic E-state index is 12.7. The summed E-state index contributed by atoms with van der Waals surface area (Å²) in [7, 11) is 0. The first-order chi connectivity index (χ1) is 15.4. The number of thiocarbonyl (C=S) groups is 1. The summed E-state index contributed by atoms with van der Waals surface area (Å²) in [5.41, 5.74) is 3.36. The Morgan fingerprint density at radius 2 is 1.75 bits per heavy atom. The van der Waals surface area contributed by atoms with E-state index in [9.17, 15) is 4.79 Å². The van der Waals surface area contributed by atoms with E-state index in [0.29, 0.717) is 27.7 Å². The summed E-state index contributed by atoms with van der Waals surface area (Å²) in [6, 6.07) is 16.4. The number of benzene rings is 2. The van der Waals surface area contributed by atoms with Crippen LogP contribution in [0.1, 0.15) is 28.5 Å². The second-order valence-corrected chi connectivity index (χ2v) is 7.58. The maximum absolute atomic E-state index is 12.7. The largest absolute Gasteiger partial charge is 0.462 e. The molecule has 0 amide bonds. The highest BCUT2D eigenvalue weighted by atomic mass is 35.5. The van der Waals surface area contributed by atoms with Crippen molar-refractivity contribution in [1.29, 1.82) is 0 Å². The van der Waals surface area contributed by atoms with Crippen molar-refractivity contribution in [1.82, 2.24) is 4.98 Å². The predicted octanol–water partition coefficient (Wildman–Crippen LogP) is 6.75. The van der Waals surface area contributed by atoms with E-state index in [-0.39, 0.29) is 23.1 Å². The van der Waals surface area contributed by atoms with Crippen LogP contribution in [0.25, 0.3) is 0 Å². The van der Waals surface area contributed by atoms with Crippen LogP contribution in [0.4, 0.5) is 22.9 Å². The molecule has 0 bridgehead atoms. The second kappa shape index (κ2) is 10.8. The number of anilines is 2. The number of azo groups is 1. The van der Waals surface area contributed by atoms with Crippen molar-refractivity contribution < 1.29 is 9.53 Å². The van der Waals surface area contributed by atoms with E-state index in [1.807, 2.05) is 30.3 Å². The van der Waals surface area contributed by atoms with Gasteiger partial charge in [0.05, 0.1) is 18.0 Å². The second-order valence-electron chi connectivity index (χ2n) is 6.74. The number of ether oxygens (including phenoxy) is 1. The van der Waals surface area contributed by atoms with Crippen LogP contribution in [0.15, 0.2) is 64.8 Å². The maximum Gasteiger partial charge on any atom is 0.342 e. The Morgan fingerprint density at radius 1 is 1.06 bits per heavy atom. The molecule has 164 valence electrons. The molecule has 0 aliphatic carbocycles. The molecule has 0 aliphatic rings. The number of pyridine rings is 1. The van der Waals surface area contributed by atoms with Crippen LogP contribution in [0.5, 0.6) is 0 Å². The topological polar surface area (TPSA) is 88.0 Å². The van der Waals surface area contributed by atoms with Gasteiger partial charge in [-0.25, -0.2) is 9.78 Å². The molecule has 0 saturated carbocycles. The Bertz CT molecular complexity index is 1150. The van der Waals surface area contributed by atoms with E-state index in [0.717, 1.165) is 5.69 Å². The monoisotopic (exact) mass is 467 g/mol. The van der Waals surface area contributed by atoms with Crippen LogP contribution in [-0.4, -0.2) is 22.7 Å². The Kier molecular flexibility index (Phi) is 7.86. The smallest absolute Gasteiger partial charge is 0.342 e. The van der Waals surface area contributed by atoms with Gasteiger partial charge in [-0.15, -0.1) is 5.11 Å². The van der Waals surface area contributed by atoms with Gasteiger partial charge in [0.2, 0.25) is 0 Å². The number of aromatic nitrogens is 1. The fourth-order valence-corrected chi connectivity index (χ4v) is 3.28. The molecule has 9 heteroatoms. The first kappa shape index (κ1) is 23.3. The Balaban J connectivity index is 1.94. The van der Waals surface area contributed by atoms with Crippen molar-refractivity contribution in [3.63, 3.8) is 0 Å². The third-order valence-electron chi connectivity index (χ3n) is 4.42. The summed E-state index contributed by atoms with van der Waals surface area (Å²) < 4.78 is 5.25. The highest BCUT2D eigenvalue weighted by Gasteiger charge is 2.23. The number of carbonyl (C=O) groups excluding carboxylic acids is 1. The number of carbonyl (C=O) groups is 1. The molecule has 2 N–H and O–H groups in total. The standard InChI is InChI=1S/C23H22ClN5O2S/c1-4-31-22(30)19-14(2)20(29-28-18-8-6-5-7-9-18)15(3)25-21(19)27-23(32)26-17-12-10-16(24)11-13-17/h5-13H,4H2,1-3H3,(H2,25,26,27,32). The minimum atomic E-state index is -0.523. The number of aryl methyl sites for hydroxylation is 1. The zero-order valence-corrected chi connectivity index (χ0v) is 19.4. The number of hydrogen-bond donors (Lipinski definition) is 2. The molecule has 7 nitrogen and oxygen atoms in total. The molecule has 1 aromatic heterocycles. The van der Waals surface area contributed by atoms with Gasteiger partial charge >= 0.3 is 5.97 Å². The van der Waals surface area contributed by atoms with Crippen LogP contribution in [0.2, 0.25) is 5.02 Å². The fourth-order valence-electron chi connectivity index (χ4n) is 2.94. The van der Waals surface area contributed by atoms with Crippen molar-refractivity contribution in [3.05, 3.63) is 76.4 Å². The normalized spacial score (nSPS) is 10.8. The molecule has 0 spiro atoms. The molecular weight excluding hydrogens is 446 g/mol. The zero-order valence-electron chi connectivity index (χ0n) is 17.8. The molecule has 32 heavy (non-hydrogen) atoms. The molecule has 0 radical (unpaired) electrons. The minimum Gasteiger partial charge on any atom is -0.462 e. The molecule has 0 aliphatic heterocycles. The summed E-state index contributed by atoms with van der Waals surface area (Å²) in [5.74, 6) is -0.242. The van der Waals surface area contributed by atoms with Gasteiger partial charge in [-0.05, 0) is 75.0 Å². The van der Waals surface area contributed by atoms with Gasteiger partial charge in [0.25, 0.3) is 0 Å². The molecule has 0 atom stereocenters. The number of esters is 1. The zero-order chi connectivity index (χ0) is 23.1. The summed E-state index contributed by atoms with van der Waals surface area (Å²) in [6.45, 7) is 5.54. The number of rotatable bonds is 6. The van der Waals surface area contributed by atoms with Gasteiger partial charge in [-0.3, -0.25) is 0 Å². The molecule has 1 heterocycles. The lowest BCUT2D eigenvalue weighted by atomic mass is 10.1. The van der Waals surface area contributed by atoms with Gasteiger partial charge in [0.15, 0.2) is 5.11 Å². The van der Waals surface area contributed by atoms with E-state index in [1.165, 1.54) is 0 Å². The average molecular weight is 468 g/mol. The molecule has 0 fully saturated rings. The van der Waals surface area contributed by atoms with Crippen LogP contribution >= 0.6 is 23.8 Å². The summed E-state index contributed by atoms with van der Waals surface area (Å²) in [6.07, 6.45) is 0. The fraction of sp³-hybridized carbons (Fsp3) is 0.174. The van der Waals surface area contributed by atoms with Crippen molar-refractivity contribution in [2.45, 2.75) is 20.8 Å². The van der Waals surface area contributed by atoms with Crippen molar-refractivity contribution in [2.75, 3.05) is 17.2 Å². The van der Waals surface area contributed by atoms with E-state index in [2.05, 4.69) is 25.8 Å². The number of halogens is 1. The van der Waals surface area contributed by atoms with E-state index in [1.54, 1.807) is 45.0 Å². The Hall–Kier alpha value is -3.36. The lowest BCUT2D eigenvalue weighted by Gasteiger charge is -2.17. The minimum absolute atomic E-state index is 0.222. The number of hydrogen-bond acceptors (Lipinski definition) is 6. The van der Waals surface area contributed by atoms with Crippen molar-refractivity contribution in [3.8, 4) is 0 Å². The quantitative estimate of drug-likeness (QED) is 0.237. The molecule has 2 aromatic carbocycles. The van der Waals surface area contributed by atoms with Gasteiger partial charge in [0.1, 0.15) is 17.1 Å². The van der Waals surface area contributed by atoms with E-state index >= 15 is 0 Å². The predicted molar refractivity (Wildman–Crippen MR) is 132 cm³/mol. The third kappa shape index (κ3) is 5.87. The van der Waals surface area contributed by atoms with Crippen LogP contribution in [0, 0.1) is 13.8 Å². The summed E-state index contributed by atoms with van der Waals surface area (Å²) >= 11 is 11.3. The first-order valence-corrected chi connectivity index (χ1v) is 10.7. The molecule has 0 unspecified atom stereocenters. The lowest BCUT2D eigenvalue weighted by Crippen LogP contribution is -2.23. The van der Waals surface area contributed by atoms with Gasteiger partial charge in [-0.1, -0.05) is 29.8 Å². The molecule has 0 saturated heterocycles. The molecule has 3 rings (SSSR count). The SMILES string of the molecule is CCOC(=O)c1c(NC(=S)Nc2ccc(Cl)cc2)nc(C)c(N=Nc2ccccc2)c1C. The van der Waals surface area contributed by atoms with Crippen LogP contribution in [0.3, 0.4) is 0 Å². The van der Waals surface area contributed by atoms with Gasteiger partial charge in [-0.2, -0.15) is 5.11 Å². The molecular formula is C23H22ClN5O2S. The van der Waals surface area contributed by atoms with Gasteiger partial charge in [0, 0.05) is 10.7 Å². The van der Waals surface area contributed by atoms with E-state index in [4.69, 9.17) is 28.6 Å².